The van der Waals surface area contributed by atoms with E-state index in [2.05, 4.69) is 14.1 Å². The number of likely N-dealkylation sites (N-methyl/N-ethyl adjacent to an activating group) is 1. The van der Waals surface area contributed by atoms with Crippen LogP contribution in [-0.2, 0) is 11.3 Å². The smallest absolute Gasteiger partial charge is 0.278 e. The minimum atomic E-state index is -0.836. The van der Waals surface area contributed by atoms with Crippen molar-refractivity contribution in [2.75, 3.05) is 58.5 Å². The lowest BCUT2D eigenvalue weighted by Gasteiger charge is -2.51. The summed E-state index contributed by atoms with van der Waals surface area (Å²) < 4.78 is 6.72. The first kappa shape index (κ1) is 26.1. The fourth-order valence-corrected chi connectivity index (χ4v) is 5.29. The zero-order chi connectivity index (χ0) is 26.1. The summed E-state index contributed by atoms with van der Waals surface area (Å²) in [6.07, 6.45) is 1.12. The molecule has 194 valence electrons. The van der Waals surface area contributed by atoms with Crippen molar-refractivity contribution in [2.24, 2.45) is 0 Å². The van der Waals surface area contributed by atoms with Crippen molar-refractivity contribution in [1.29, 1.82) is 0 Å². The van der Waals surface area contributed by atoms with Crippen molar-refractivity contribution >= 4 is 26.4 Å². The fraction of sp³-hybridized carbons (Fsp3) is 0.480. The van der Waals surface area contributed by atoms with Crippen molar-refractivity contribution in [3.05, 3.63) is 57.0 Å². The summed E-state index contributed by atoms with van der Waals surface area (Å²) in [4.78, 5) is 45.2. The number of nitrogens with zero attached hydrogens (tertiary/aromatic N) is 5. The summed E-state index contributed by atoms with van der Waals surface area (Å²) in [6.45, 7) is 7.74. The molecule has 0 bridgehead atoms. The van der Waals surface area contributed by atoms with E-state index < -0.39 is 23.0 Å². The molecule has 0 radical (unpaired) electrons. The number of pyridine rings is 1. The number of aromatic nitrogens is 1. The Balaban J connectivity index is 1.69. The number of amides is 2. The molecule has 2 atom stereocenters. The van der Waals surface area contributed by atoms with E-state index in [0.29, 0.717) is 39.3 Å². The number of hydrogen-bond acceptors (Lipinski definition) is 7. The summed E-state index contributed by atoms with van der Waals surface area (Å²) in [7, 11) is 5.92. The van der Waals surface area contributed by atoms with Gasteiger partial charge in [-0.2, -0.15) is 0 Å². The third-order valence-corrected chi connectivity index (χ3v) is 7.34. The highest BCUT2D eigenvalue weighted by Gasteiger charge is 2.42. The fourth-order valence-electron chi connectivity index (χ4n) is 4.94. The van der Waals surface area contributed by atoms with E-state index in [9.17, 15) is 19.5 Å². The number of carbonyl (C=O) groups excluding carboxylic acids is 2. The maximum Gasteiger partial charge on any atom is 0.278 e. The molecule has 36 heavy (non-hydrogen) atoms. The van der Waals surface area contributed by atoms with E-state index in [1.54, 1.807) is 19.1 Å². The standard InChI is InChI=1S/C25H34N5O5P/c1-5-28-20-15-27(10-11-35-4)8-9-29(20)30-14-19(22(31)23(32)21(30)25(28)34)24(33)26(3)13-17-6-7-18(36)12-16(17)2/h6-7,12,14,20,32H,5,8-11,13,15,36H2,1-4H3/t20-/m0/s1. The first-order valence-electron chi connectivity index (χ1n) is 12.1. The average molecular weight is 516 g/mol. The molecule has 1 fully saturated rings. The van der Waals surface area contributed by atoms with Crippen molar-refractivity contribution < 1.29 is 19.4 Å². The van der Waals surface area contributed by atoms with Gasteiger partial charge >= 0.3 is 0 Å². The Hall–Kier alpha value is -2.94. The van der Waals surface area contributed by atoms with Crippen LogP contribution >= 0.6 is 9.24 Å². The van der Waals surface area contributed by atoms with Crippen LogP contribution in [0.2, 0.25) is 0 Å². The Morgan fingerprint density at radius 3 is 2.69 bits per heavy atom. The molecule has 2 aliphatic rings. The van der Waals surface area contributed by atoms with Crippen molar-refractivity contribution in [3.63, 3.8) is 0 Å². The van der Waals surface area contributed by atoms with Gasteiger partial charge in [0.2, 0.25) is 5.43 Å². The van der Waals surface area contributed by atoms with Crippen LogP contribution in [0, 0.1) is 6.92 Å². The average Bonchev–Trinajstić information content (AvgIpc) is 2.85. The van der Waals surface area contributed by atoms with Crippen LogP contribution in [-0.4, -0.2) is 96.0 Å². The molecule has 11 heteroatoms. The predicted octanol–water partition coefficient (Wildman–Crippen LogP) is 0.337. The number of piperazine rings is 1. The summed E-state index contributed by atoms with van der Waals surface area (Å²) >= 11 is 0. The molecule has 10 nitrogen and oxygen atoms in total. The largest absolute Gasteiger partial charge is 0.502 e. The van der Waals surface area contributed by atoms with Gasteiger partial charge in [-0.25, -0.2) is 0 Å². The number of rotatable bonds is 7. The van der Waals surface area contributed by atoms with Crippen LogP contribution in [0.15, 0.2) is 29.2 Å². The van der Waals surface area contributed by atoms with Gasteiger partial charge in [-0.3, -0.25) is 29.0 Å². The highest BCUT2D eigenvalue weighted by molar-refractivity contribution is 7.27. The molecule has 3 heterocycles. The van der Waals surface area contributed by atoms with Crippen LogP contribution in [0.1, 0.15) is 38.9 Å². The molecule has 2 aromatic rings. The molecule has 1 unspecified atom stereocenters. The number of carbonyl (C=O) groups is 2. The number of benzene rings is 1. The highest BCUT2D eigenvalue weighted by atomic mass is 31.0. The number of hydrogen-bond donors (Lipinski definition) is 1. The number of aryl methyl sites for hydroxylation is 1. The second-order valence-corrected chi connectivity index (χ2v) is 9.96. The zero-order valence-corrected chi connectivity index (χ0v) is 22.4. The maximum absolute atomic E-state index is 13.4. The first-order chi connectivity index (χ1) is 17.2. The number of aromatic hydroxyl groups is 1. The lowest BCUT2D eigenvalue weighted by Crippen LogP contribution is -2.69. The Bertz CT molecular complexity index is 1230. The van der Waals surface area contributed by atoms with E-state index in [4.69, 9.17) is 4.74 Å². The highest BCUT2D eigenvalue weighted by Crippen LogP contribution is 2.27. The molecule has 2 amide bonds. The second-order valence-electron chi connectivity index (χ2n) is 9.29. The topological polar surface area (TPSA) is 98.6 Å². The maximum atomic E-state index is 13.4. The molecule has 1 saturated heterocycles. The van der Waals surface area contributed by atoms with Gasteiger partial charge in [0.05, 0.1) is 6.61 Å². The molecule has 4 rings (SSSR count). The third-order valence-electron chi connectivity index (χ3n) is 6.98. The Labute approximate surface area is 213 Å². The number of ether oxygens (including phenoxy) is 1. The van der Waals surface area contributed by atoms with Gasteiger partial charge < -0.3 is 19.6 Å². The summed E-state index contributed by atoms with van der Waals surface area (Å²) in [5.41, 5.74) is 0.885. The minimum absolute atomic E-state index is 0.102. The van der Waals surface area contributed by atoms with Gasteiger partial charge in [-0.1, -0.05) is 18.2 Å². The molecule has 0 spiro atoms. The van der Waals surface area contributed by atoms with Crippen LogP contribution < -0.4 is 15.7 Å². The van der Waals surface area contributed by atoms with Gasteiger partial charge in [-0.15, -0.1) is 9.24 Å². The third kappa shape index (κ3) is 4.73. The van der Waals surface area contributed by atoms with Gasteiger partial charge in [0.25, 0.3) is 11.8 Å². The zero-order valence-electron chi connectivity index (χ0n) is 21.2. The van der Waals surface area contributed by atoms with Crippen LogP contribution in [0.4, 0.5) is 0 Å². The Morgan fingerprint density at radius 2 is 2.03 bits per heavy atom. The molecule has 1 N–H and O–H groups in total. The lowest BCUT2D eigenvalue weighted by molar-refractivity contribution is 0.0381. The minimum Gasteiger partial charge on any atom is -0.502 e. The summed E-state index contributed by atoms with van der Waals surface area (Å²) in [5, 5.41) is 13.8. The van der Waals surface area contributed by atoms with Gasteiger partial charge in [-0.05, 0) is 30.3 Å². The van der Waals surface area contributed by atoms with E-state index >= 15 is 0 Å². The van der Waals surface area contributed by atoms with E-state index in [1.807, 2.05) is 37.1 Å². The molecule has 0 aliphatic carbocycles. The first-order valence-corrected chi connectivity index (χ1v) is 12.6. The van der Waals surface area contributed by atoms with Gasteiger partial charge in [0.1, 0.15) is 11.7 Å². The van der Waals surface area contributed by atoms with Crippen LogP contribution in [0.5, 0.6) is 5.75 Å². The normalized spacial score (nSPS) is 17.7. The lowest BCUT2D eigenvalue weighted by atomic mass is 10.1. The van der Waals surface area contributed by atoms with E-state index in [0.717, 1.165) is 23.0 Å². The second kappa shape index (κ2) is 10.6. The molecule has 1 aromatic carbocycles. The van der Waals surface area contributed by atoms with Crippen molar-refractivity contribution in [1.82, 2.24) is 19.4 Å². The quantitative estimate of drug-likeness (QED) is 0.531. The van der Waals surface area contributed by atoms with Crippen LogP contribution in [0.3, 0.4) is 0 Å². The van der Waals surface area contributed by atoms with Gasteiger partial charge in [0, 0.05) is 59.6 Å². The monoisotopic (exact) mass is 515 g/mol. The Morgan fingerprint density at radius 1 is 1.28 bits per heavy atom. The molecular formula is C25H34N5O5P. The molecule has 2 aliphatic heterocycles. The Kier molecular flexibility index (Phi) is 7.68. The SMILES string of the molecule is CCN1C(=O)c2c(O)c(=O)c(C(=O)N(C)Cc3ccc(P)cc3C)cn2N2CCN(CCOC)C[C@@H]12. The van der Waals surface area contributed by atoms with Crippen LogP contribution in [0.25, 0.3) is 0 Å². The summed E-state index contributed by atoms with van der Waals surface area (Å²) in [6, 6.07) is 5.90. The van der Waals surface area contributed by atoms with Crippen molar-refractivity contribution in [2.45, 2.75) is 26.6 Å². The predicted molar refractivity (Wildman–Crippen MR) is 141 cm³/mol. The van der Waals surface area contributed by atoms with E-state index in [1.165, 1.54) is 15.8 Å². The molecular weight excluding hydrogens is 481 g/mol. The van der Waals surface area contributed by atoms with Crippen molar-refractivity contribution in [3.8, 4) is 5.75 Å². The molecule has 1 aromatic heterocycles. The number of fused-ring (bicyclic) bond motifs is 3. The van der Waals surface area contributed by atoms with E-state index in [-0.39, 0.29) is 17.4 Å². The summed E-state index contributed by atoms with van der Waals surface area (Å²) in [5.74, 6) is -1.63. The van der Waals surface area contributed by atoms with Gasteiger partial charge in [0.15, 0.2) is 11.4 Å². The number of methoxy groups -OCH3 is 1. The molecule has 0 saturated carbocycles.